The lowest BCUT2D eigenvalue weighted by Gasteiger charge is -2.31. The number of carbonyl (C=O) groups excluding carboxylic acids is 1. The number of nitrogens with zero attached hydrogens (tertiary/aromatic N) is 2. The van der Waals surface area contributed by atoms with Crippen LogP contribution in [0, 0.1) is 0 Å². The summed E-state index contributed by atoms with van der Waals surface area (Å²) in [6.45, 7) is 5.44. The molecule has 1 atom stereocenters. The zero-order chi connectivity index (χ0) is 18.0. The Labute approximate surface area is 150 Å². The van der Waals surface area contributed by atoms with Gasteiger partial charge in [-0.3, -0.25) is 4.79 Å². The van der Waals surface area contributed by atoms with Gasteiger partial charge in [0.2, 0.25) is 5.91 Å². The van der Waals surface area contributed by atoms with Crippen LogP contribution in [0.1, 0.15) is 29.8 Å². The van der Waals surface area contributed by atoms with E-state index in [0.29, 0.717) is 13.0 Å². The summed E-state index contributed by atoms with van der Waals surface area (Å²) in [5.74, 6) is -0.987. The summed E-state index contributed by atoms with van der Waals surface area (Å²) < 4.78 is 0.717. The molecule has 0 saturated heterocycles. The normalized spacial score (nSPS) is 16.6. The van der Waals surface area contributed by atoms with Crippen molar-refractivity contribution in [2.24, 2.45) is 0 Å². The van der Waals surface area contributed by atoms with Crippen LogP contribution >= 0.6 is 15.9 Å². The van der Waals surface area contributed by atoms with Gasteiger partial charge in [0.15, 0.2) is 0 Å². The van der Waals surface area contributed by atoms with E-state index < -0.39 is 5.97 Å². The number of carboxylic acid groups (broad SMARTS) is 1. The molecule has 7 heteroatoms. The van der Waals surface area contributed by atoms with E-state index in [0.717, 1.165) is 22.3 Å². The number of aromatic carboxylic acids is 1. The van der Waals surface area contributed by atoms with Crippen molar-refractivity contribution in [3.63, 3.8) is 0 Å². The average Bonchev–Trinajstić information content (AvgIpc) is 2.86. The third-order valence-electron chi connectivity index (χ3n) is 4.11. The number of halogens is 1. The van der Waals surface area contributed by atoms with Gasteiger partial charge < -0.3 is 20.2 Å². The molecule has 0 saturated carbocycles. The molecule has 1 aliphatic rings. The van der Waals surface area contributed by atoms with Gasteiger partial charge in [-0.1, -0.05) is 0 Å². The van der Waals surface area contributed by atoms with Crippen LogP contribution < -0.4 is 10.2 Å². The van der Waals surface area contributed by atoms with E-state index in [-0.39, 0.29) is 23.6 Å². The molecule has 0 radical (unpaired) electrons. The minimum Gasteiger partial charge on any atom is -0.478 e. The van der Waals surface area contributed by atoms with Crippen LogP contribution in [-0.4, -0.2) is 61.2 Å². The Hall–Kier alpha value is -1.60. The van der Waals surface area contributed by atoms with Gasteiger partial charge in [0, 0.05) is 30.0 Å². The van der Waals surface area contributed by atoms with Crippen LogP contribution in [0.15, 0.2) is 16.6 Å². The fourth-order valence-corrected chi connectivity index (χ4v) is 3.75. The van der Waals surface area contributed by atoms with Gasteiger partial charge >= 0.3 is 5.97 Å². The van der Waals surface area contributed by atoms with E-state index in [1.807, 2.05) is 32.8 Å². The Morgan fingerprint density at radius 1 is 1.42 bits per heavy atom. The predicted molar refractivity (Wildman–Crippen MR) is 97.8 cm³/mol. The molecule has 1 aromatic rings. The van der Waals surface area contributed by atoms with Crippen molar-refractivity contribution in [1.82, 2.24) is 10.2 Å². The van der Waals surface area contributed by atoms with Crippen molar-refractivity contribution in [3.05, 3.63) is 27.7 Å². The molecule has 0 aliphatic carbocycles. The first-order valence-electron chi connectivity index (χ1n) is 7.98. The second-order valence-corrected chi connectivity index (χ2v) is 7.44. The molecule has 1 aromatic carbocycles. The van der Waals surface area contributed by atoms with Crippen LogP contribution in [-0.2, 0) is 11.2 Å². The van der Waals surface area contributed by atoms with Crippen LogP contribution in [0.2, 0.25) is 0 Å². The minimum absolute atomic E-state index is 0.0227. The van der Waals surface area contributed by atoms with Gasteiger partial charge in [0.05, 0.1) is 11.3 Å². The maximum atomic E-state index is 12.6. The summed E-state index contributed by atoms with van der Waals surface area (Å²) in [5, 5.41) is 12.2. The van der Waals surface area contributed by atoms with E-state index in [1.54, 1.807) is 12.1 Å². The maximum Gasteiger partial charge on any atom is 0.335 e. The second-order valence-electron chi connectivity index (χ2n) is 6.59. The van der Waals surface area contributed by atoms with Gasteiger partial charge in [0.1, 0.15) is 6.04 Å². The molecule has 1 aliphatic heterocycles. The van der Waals surface area contributed by atoms with Gasteiger partial charge in [-0.05, 0) is 61.6 Å². The third kappa shape index (κ3) is 3.89. The van der Waals surface area contributed by atoms with Crippen molar-refractivity contribution in [2.45, 2.75) is 32.4 Å². The Morgan fingerprint density at radius 3 is 2.62 bits per heavy atom. The molecule has 0 fully saturated rings. The molecule has 24 heavy (non-hydrogen) atoms. The number of hydrogen-bond acceptors (Lipinski definition) is 4. The van der Waals surface area contributed by atoms with Crippen molar-refractivity contribution >= 4 is 33.5 Å². The van der Waals surface area contributed by atoms with E-state index >= 15 is 0 Å². The predicted octanol–water partition coefficient (Wildman–Crippen LogP) is 1.96. The largest absolute Gasteiger partial charge is 0.478 e. The van der Waals surface area contributed by atoms with Crippen molar-refractivity contribution in [2.75, 3.05) is 32.1 Å². The zero-order valence-electron chi connectivity index (χ0n) is 14.5. The highest BCUT2D eigenvalue weighted by Crippen LogP contribution is 2.40. The summed E-state index contributed by atoms with van der Waals surface area (Å²) >= 11 is 3.48. The number of carbonyl (C=O) groups is 2. The van der Waals surface area contributed by atoms with Gasteiger partial charge in [-0.15, -0.1) is 0 Å². The smallest absolute Gasteiger partial charge is 0.335 e. The molecule has 1 unspecified atom stereocenters. The fourth-order valence-electron chi connectivity index (χ4n) is 3.04. The summed E-state index contributed by atoms with van der Waals surface area (Å²) in [7, 11) is 3.92. The lowest BCUT2D eigenvalue weighted by Crippen LogP contribution is -2.49. The van der Waals surface area contributed by atoms with Crippen molar-refractivity contribution in [3.8, 4) is 0 Å². The van der Waals surface area contributed by atoms with E-state index in [1.165, 1.54) is 0 Å². The topological polar surface area (TPSA) is 72.9 Å². The highest BCUT2D eigenvalue weighted by Gasteiger charge is 2.37. The first-order chi connectivity index (χ1) is 11.2. The van der Waals surface area contributed by atoms with Crippen molar-refractivity contribution in [1.29, 1.82) is 0 Å². The number of anilines is 1. The minimum atomic E-state index is -0.964. The summed E-state index contributed by atoms with van der Waals surface area (Å²) in [6, 6.07) is 3.08. The van der Waals surface area contributed by atoms with Crippen LogP contribution in [0.3, 0.4) is 0 Å². The highest BCUT2D eigenvalue weighted by atomic mass is 79.9. The molecule has 2 N–H and O–H groups in total. The quantitative estimate of drug-likeness (QED) is 0.767. The van der Waals surface area contributed by atoms with E-state index in [9.17, 15) is 14.7 Å². The zero-order valence-corrected chi connectivity index (χ0v) is 16.1. The van der Waals surface area contributed by atoms with Gasteiger partial charge in [-0.25, -0.2) is 4.79 Å². The Bertz CT molecular complexity index is 646. The number of amides is 1. The number of rotatable bonds is 6. The Morgan fingerprint density at radius 2 is 2.08 bits per heavy atom. The average molecular weight is 398 g/mol. The number of benzene rings is 1. The molecule has 6 nitrogen and oxygen atoms in total. The molecular formula is C17H24BrN3O3. The second kappa shape index (κ2) is 7.53. The summed E-state index contributed by atoms with van der Waals surface area (Å²) in [5.41, 5.74) is 2.05. The van der Waals surface area contributed by atoms with Crippen LogP contribution in [0.4, 0.5) is 5.69 Å². The monoisotopic (exact) mass is 397 g/mol. The molecule has 2 rings (SSSR count). The van der Waals surface area contributed by atoms with E-state index in [4.69, 9.17) is 0 Å². The van der Waals surface area contributed by atoms with E-state index in [2.05, 4.69) is 26.1 Å². The first kappa shape index (κ1) is 18.7. The van der Waals surface area contributed by atoms with Gasteiger partial charge in [-0.2, -0.15) is 0 Å². The molecule has 1 heterocycles. The molecule has 0 spiro atoms. The third-order valence-corrected chi connectivity index (χ3v) is 4.72. The number of fused-ring (bicyclic) bond motifs is 1. The maximum absolute atomic E-state index is 12.6. The number of likely N-dealkylation sites (N-methyl/N-ethyl adjacent to an activating group) is 1. The number of nitrogens with one attached hydrogen (secondary N) is 1. The summed E-state index contributed by atoms with van der Waals surface area (Å²) in [6.07, 6.45) is 0.515. The lowest BCUT2D eigenvalue weighted by atomic mass is 10.1. The molecule has 0 bridgehead atoms. The number of carboxylic acids is 1. The van der Waals surface area contributed by atoms with Crippen LogP contribution in [0.5, 0.6) is 0 Å². The first-order valence-corrected chi connectivity index (χ1v) is 8.78. The Balaban J connectivity index is 2.27. The van der Waals surface area contributed by atoms with Gasteiger partial charge in [0.25, 0.3) is 0 Å². The fraction of sp³-hybridized carbons (Fsp3) is 0.529. The lowest BCUT2D eigenvalue weighted by molar-refractivity contribution is -0.122. The molecule has 132 valence electrons. The van der Waals surface area contributed by atoms with Crippen molar-refractivity contribution < 1.29 is 14.7 Å². The Kier molecular flexibility index (Phi) is 5.87. The van der Waals surface area contributed by atoms with Crippen LogP contribution in [0.25, 0.3) is 0 Å². The number of hydrogen-bond donors (Lipinski definition) is 2. The SMILES string of the molecule is CC(C)N1c2c(Br)cc(C(=O)O)cc2CC1C(=O)NCCN(C)C. The molecule has 1 amide bonds. The summed E-state index contributed by atoms with van der Waals surface area (Å²) in [4.78, 5) is 28.0. The highest BCUT2D eigenvalue weighted by molar-refractivity contribution is 9.10. The molecular weight excluding hydrogens is 374 g/mol. The standard InChI is InChI=1S/C17H24BrN3O3/c1-10(2)21-14(16(22)19-5-6-20(3)4)9-11-7-12(17(23)24)8-13(18)15(11)21/h7-8,10,14H,5-6,9H2,1-4H3,(H,19,22)(H,23,24). The molecule has 0 aromatic heterocycles.